The first-order valence-electron chi connectivity index (χ1n) is 7.81. The molecule has 5 aromatic rings. The zero-order valence-electron chi connectivity index (χ0n) is 13.3. The van der Waals surface area contributed by atoms with Crippen LogP contribution in [0.5, 0.6) is 0 Å². The van der Waals surface area contributed by atoms with Crippen molar-refractivity contribution in [2.24, 2.45) is 0 Å². The van der Waals surface area contributed by atoms with E-state index in [1.165, 1.54) is 17.1 Å². The number of tetrazole rings is 1. The highest BCUT2D eigenvalue weighted by molar-refractivity contribution is 7.98. The van der Waals surface area contributed by atoms with Gasteiger partial charge in [-0.15, -0.1) is 15.3 Å². The van der Waals surface area contributed by atoms with Gasteiger partial charge in [-0.05, 0) is 40.1 Å². The number of H-pyrrole nitrogens is 3. The van der Waals surface area contributed by atoms with Crippen LogP contribution in [0.15, 0.2) is 52.2 Å². The Bertz CT molecular complexity index is 1160. The lowest BCUT2D eigenvalue weighted by atomic mass is 10.1. The summed E-state index contributed by atoms with van der Waals surface area (Å²) in [6.45, 7) is 0. The minimum Gasteiger partial charge on any atom is -0.453 e. The average molecular weight is 364 g/mol. The van der Waals surface area contributed by atoms with Crippen LogP contribution in [0.1, 0.15) is 5.82 Å². The Morgan fingerprint density at radius 3 is 2.88 bits per heavy atom. The molecule has 1 aromatic carbocycles. The van der Waals surface area contributed by atoms with Crippen molar-refractivity contribution < 1.29 is 4.42 Å². The van der Waals surface area contributed by atoms with Crippen molar-refractivity contribution in [1.82, 2.24) is 40.8 Å². The number of benzene rings is 1. The summed E-state index contributed by atoms with van der Waals surface area (Å²) in [6.07, 6.45) is 1.92. The molecule has 4 heterocycles. The highest BCUT2D eigenvalue weighted by Crippen LogP contribution is 2.29. The van der Waals surface area contributed by atoms with Crippen LogP contribution >= 0.6 is 11.8 Å². The molecule has 0 saturated heterocycles. The number of furan rings is 1. The Hall–Kier alpha value is -3.40. The Morgan fingerprint density at radius 2 is 1.96 bits per heavy atom. The highest BCUT2D eigenvalue weighted by Gasteiger charge is 2.12. The van der Waals surface area contributed by atoms with E-state index in [-0.39, 0.29) is 0 Å². The van der Waals surface area contributed by atoms with Crippen LogP contribution in [-0.2, 0) is 5.75 Å². The summed E-state index contributed by atoms with van der Waals surface area (Å²) in [6, 6.07) is 12.0. The summed E-state index contributed by atoms with van der Waals surface area (Å²) in [5.41, 5.74) is 2.07. The maximum absolute atomic E-state index is 5.95. The molecule has 0 amide bonds. The minimum atomic E-state index is 0.571. The fraction of sp³-hybridized carbons (Fsp3) is 0.0625. The smallest absolute Gasteiger partial charge is 0.197 e. The lowest BCUT2D eigenvalue weighted by Crippen LogP contribution is -1.85. The van der Waals surface area contributed by atoms with E-state index in [9.17, 15) is 0 Å². The summed E-state index contributed by atoms with van der Waals surface area (Å²) in [7, 11) is 0. The molecule has 4 aromatic heterocycles. The molecule has 10 heteroatoms. The predicted molar refractivity (Wildman–Crippen MR) is 95.1 cm³/mol. The van der Waals surface area contributed by atoms with Gasteiger partial charge in [-0.2, -0.15) is 0 Å². The van der Waals surface area contributed by atoms with Crippen LogP contribution < -0.4 is 0 Å². The Morgan fingerprint density at radius 1 is 1.00 bits per heavy atom. The first-order chi connectivity index (χ1) is 12.8. The van der Waals surface area contributed by atoms with Crippen molar-refractivity contribution in [1.29, 1.82) is 0 Å². The number of thioether (sulfide) groups is 1. The monoisotopic (exact) mass is 364 g/mol. The predicted octanol–water partition coefficient (Wildman–Crippen LogP) is 3.02. The summed E-state index contributed by atoms with van der Waals surface area (Å²) < 4.78 is 5.95. The van der Waals surface area contributed by atoms with Gasteiger partial charge in [0.2, 0.25) is 0 Å². The molecule has 128 valence electrons. The van der Waals surface area contributed by atoms with Gasteiger partial charge in [0.15, 0.2) is 22.6 Å². The molecule has 3 N–H and O–H groups in total. The molecular weight excluding hydrogens is 352 g/mol. The molecule has 0 saturated carbocycles. The SMILES string of the molecule is c1cc2ccc(-c3ccc(-c4nnc(SCc5nnn[nH]5)[nH]4)o3)cc2[nH]1. The van der Waals surface area contributed by atoms with E-state index in [0.29, 0.717) is 28.3 Å². The van der Waals surface area contributed by atoms with Crippen LogP contribution in [0.25, 0.3) is 33.8 Å². The lowest BCUT2D eigenvalue weighted by molar-refractivity contribution is 0.592. The van der Waals surface area contributed by atoms with Crippen molar-refractivity contribution >= 4 is 22.7 Å². The Kier molecular flexibility index (Phi) is 3.53. The third-order valence-corrected chi connectivity index (χ3v) is 4.75. The van der Waals surface area contributed by atoms with E-state index >= 15 is 0 Å². The number of rotatable bonds is 5. The van der Waals surface area contributed by atoms with Gasteiger partial charge < -0.3 is 14.4 Å². The van der Waals surface area contributed by atoms with Gasteiger partial charge in [0.05, 0.1) is 5.75 Å². The van der Waals surface area contributed by atoms with E-state index < -0.39 is 0 Å². The number of nitrogens with one attached hydrogen (secondary N) is 3. The van der Waals surface area contributed by atoms with Crippen LogP contribution in [0.3, 0.4) is 0 Å². The molecule has 0 unspecified atom stereocenters. The number of aromatic amines is 3. The number of fused-ring (bicyclic) bond motifs is 1. The second-order valence-electron chi connectivity index (χ2n) is 5.56. The highest BCUT2D eigenvalue weighted by atomic mass is 32.2. The standard InChI is InChI=1S/C16H12N8OS/c1-2-10(7-11-9(1)5-6-17-11)12-3-4-13(25-12)15-18-16(22-21-15)26-8-14-19-23-24-20-14/h1-7,17H,8H2,(H,18,21,22)(H,19,20,23,24). The maximum atomic E-state index is 5.95. The minimum absolute atomic E-state index is 0.571. The van der Waals surface area contributed by atoms with Crippen molar-refractivity contribution in [2.75, 3.05) is 0 Å². The number of aromatic nitrogens is 8. The lowest BCUT2D eigenvalue weighted by Gasteiger charge is -1.97. The number of hydrogen-bond donors (Lipinski definition) is 3. The molecule has 0 radical (unpaired) electrons. The van der Waals surface area contributed by atoms with E-state index in [2.05, 4.69) is 52.9 Å². The largest absolute Gasteiger partial charge is 0.453 e. The van der Waals surface area contributed by atoms with Crippen LogP contribution in [0.4, 0.5) is 0 Å². The molecule has 9 nitrogen and oxygen atoms in total. The second-order valence-corrected chi connectivity index (χ2v) is 6.52. The molecule has 5 rings (SSSR count). The fourth-order valence-electron chi connectivity index (χ4n) is 2.62. The summed E-state index contributed by atoms with van der Waals surface area (Å²) >= 11 is 1.45. The van der Waals surface area contributed by atoms with Gasteiger partial charge in [-0.1, -0.05) is 23.9 Å². The summed E-state index contributed by atoms with van der Waals surface area (Å²) in [4.78, 5) is 6.35. The van der Waals surface area contributed by atoms with Crippen LogP contribution in [0, 0.1) is 0 Å². The van der Waals surface area contributed by atoms with E-state index in [0.717, 1.165) is 16.8 Å². The normalized spacial score (nSPS) is 11.4. The number of hydrogen-bond acceptors (Lipinski definition) is 7. The molecular formula is C16H12N8OS. The van der Waals surface area contributed by atoms with Crippen molar-refractivity contribution in [2.45, 2.75) is 10.9 Å². The first-order valence-corrected chi connectivity index (χ1v) is 8.79. The van der Waals surface area contributed by atoms with Gasteiger partial charge in [0, 0.05) is 17.3 Å². The van der Waals surface area contributed by atoms with Gasteiger partial charge in [-0.25, -0.2) is 5.10 Å². The van der Waals surface area contributed by atoms with Gasteiger partial charge in [-0.3, -0.25) is 0 Å². The third kappa shape index (κ3) is 2.75. The first kappa shape index (κ1) is 14.9. The Labute approximate surface area is 150 Å². The zero-order valence-corrected chi connectivity index (χ0v) is 14.1. The van der Waals surface area contributed by atoms with E-state index in [1.807, 2.05) is 30.5 Å². The fourth-order valence-corrected chi connectivity index (χ4v) is 3.28. The van der Waals surface area contributed by atoms with Crippen LogP contribution in [0.2, 0.25) is 0 Å². The molecule has 0 spiro atoms. The summed E-state index contributed by atoms with van der Waals surface area (Å²) in [5.74, 6) is 3.23. The van der Waals surface area contributed by atoms with E-state index in [4.69, 9.17) is 4.42 Å². The summed E-state index contributed by atoms with van der Waals surface area (Å²) in [5, 5.41) is 23.7. The molecule has 0 atom stereocenters. The quantitative estimate of drug-likeness (QED) is 0.409. The molecule has 0 fully saturated rings. The maximum Gasteiger partial charge on any atom is 0.197 e. The average Bonchev–Trinajstić information content (AvgIpc) is 3.47. The topological polar surface area (TPSA) is 125 Å². The zero-order chi connectivity index (χ0) is 17.3. The third-order valence-electron chi connectivity index (χ3n) is 3.88. The van der Waals surface area contributed by atoms with Gasteiger partial charge in [0.1, 0.15) is 5.76 Å². The Balaban J connectivity index is 1.36. The molecule has 0 aliphatic carbocycles. The molecule has 0 aliphatic heterocycles. The van der Waals surface area contributed by atoms with Crippen molar-refractivity contribution in [3.63, 3.8) is 0 Å². The molecule has 0 bridgehead atoms. The van der Waals surface area contributed by atoms with Crippen molar-refractivity contribution in [3.05, 3.63) is 48.4 Å². The van der Waals surface area contributed by atoms with Crippen LogP contribution in [-0.4, -0.2) is 40.8 Å². The number of nitrogens with zero attached hydrogens (tertiary/aromatic N) is 5. The van der Waals surface area contributed by atoms with Gasteiger partial charge in [0.25, 0.3) is 0 Å². The van der Waals surface area contributed by atoms with Gasteiger partial charge >= 0.3 is 0 Å². The molecule has 0 aliphatic rings. The van der Waals surface area contributed by atoms with E-state index in [1.54, 1.807) is 0 Å². The molecule has 26 heavy (non-hydrogen) atoms. The van der Waals surface area contributed by atoms with Crippen molar-refractivity contribution in [3.8, 4) is 22.9 Å². The second kappa shape index (κ2) is 6.15.